The van der Waals surface area contributed by atoms with Crippen LogP contribution in [0.1, 0.15) is 0 Å². The second-order valence-electron chi connectivity index (χ2n) is 5.32. The van der Waals surface area contributed by atoms with Crippen molar-refractivity contribution in [3.05, 3.63) is 64.0 Å². The first-order valence-corrected chi connectivity index (χ1v) is 7.62. The molecule has 1 aromatic heterocycles. The third-order valence-corrected chi connectivity index (χ3v) is 3.86. The van der Waals surface area contributed by atoms with Crippen LogP contribution in [-0.4, -0.2) is 29.6 Å². The van der Waals surface area contributed by atoms with Crippen LogP contribution in [0.3, 0.4) is 0 Å². The van der Waals surface area contributed by atoms with Crippen molar-refractivity contribution in [3.8, 4) is 5.69 Å². The van der Waals surface area contributed by atoms with Crippen molar-refractivity contribution >= 4 is 28.3 Å². The number of anilines is 1. The molecule has 0 saturated heterocycles. The molecule has 24 heavy (non-hydrogen) atoms. The summed E-state index contributed by atoms with van der Waals surface area (Å²) in [5.41, 5.74) is 0.599. The van der Waals surface area contributed by atoms with E-state index in [0.717, 1.165) is 0 Å². The molecule has 0 spiro atoms. The predicted octanol–water partition coefficient (Wildman–Crippen LogP) is 3.74. The van der Waals surface area contributed by atoms with Crippen LogP contribution >= 0.6 is 11.6 Å². The maximum absolute atomic E-state index is 12.7. The van der Waals surface area contributed by atoms with Crippen LogP contribution < -0.4 is 10.6 Å². The zero-order valence-corrected chi connectivity index (χ0v) is 13.5. The fraction of sp³-hybridized carbons (Fsp3) is 0.176. The molecule has 2 aromatic carbocycles. The van der Waals surface area contributed by atoms with E-state index in [9.17, 15) is 13.6 Å². The molecular weight excluding hydrogens is 336 g/mol. The maximum Gasteiger partial charge on any atom is 0.354 e. The van der Waals surface area contributed by atoms with E-state index in [2.05, 4.69) is 4.98 Å². The van der Waals surface area contributed by atoms with Gasteiger partial charge in [-0.05, 0) is 30.3 Å². The average Bonchev–Trinajstić information content (AvgIpc) is 2.54. The molecule has 0 aliphatic heterocycles. The zero-order valence-electron chi connectivity index (χ0n) is 12.8. The van der Waals surface area contributed by atoms with Crippen LogP contribution in [0.15, 0.2) is 53.3 Å². The lowest BCUT2D eigenvalue weighted by molar-refractivity contribution is 0.156. The van der Waals surface area contributed by atoms with Crippen molar-refractivity contribution in [2.75, 3.05) is 18.5 Å². The first-order chi connectivity index (χ1) is 11.5. The Morgan fingerprint density at radius 3 is 2.58 bits per heavy atom. The second-order valence-corrected chi connectivity index (χ2v) is 5.76. The third-order valence-electron chi connectivity index (χ3n) is 3.62. The minimum atomic E-state index is -2.53. The fourth-order valence-corrected chi connectivity index (χ4v) is 2.76. The Labute approximate surface area is 141 Å². The molecule has 0 atom stereocenters. The first-order valence-electron chi connectivity index (χ1n) is 7.24. The van der Waals surface area contributed by atoms with E-state index in [-0.39, 0.29) is 5.82 Å². The molecule has 3 aromatic rings. The van der Waals surface area contributed by atoms with Crippen molar-refractivity contribution in [2.45, 2.75) is 6.43 Å². The Morgan fingerprint density at radius 1 is 1.21 bits per heavy atom. The van der Waals surface area contributed by atoms with Crippen molar-refractivity contribution in [1.29, 1.82) is 0 Å². The predicted molar refractivity (Wildman–Crippen MR) is 91.6 cm³/mol. The van der Waals surface area contributed by atoms with Gasteiger partial charge in [-0.2, -0.15) is 4.98 Å². The number of fused-ring (bicyclic) bond motifs is 1. The number of aromatic nitrogens is 2. The number of nitrogens with zero attached hydrogens (tertiary/aromatic N) is 3. The summed E-state index contributed by atoms with van der Waals surface area (Å²) in [6, 6.07) is 13.9. The summed E-state index contributed by atoms with van der Waals surface area (Å²) < 4.78 is 26.8. The van der Waals surface area contributed by atoms with Crippen molar-refractivity contribution in [3.63, 3.8) is 0 Å². The summed E-state index contributed by atoms with van der Waals surface area (Å²) in [6.45, 7) is -0.514. The number of benzene rings is 2. The van der Waals surface area contributed by atoms with Gasteiger partial charge in [-0.3, -0.25) is 4.57 Å². The van der Waals surface area contributed by atoms with E-state index < -0.39 is 18.7 Å². The molecule has 0 aliphatic carbocycles. The van der Waals surface area contributed by atoms with Crippen LogP contribution in [-0.2, 0) is 0 Å². The highest BCUT2D eigenvalue weighted by Gasteiger charge is 2.17. The second kappa shape index (κ2) is 6.57. The van der Waals surface area contributed by atoms with Gasteiger partial charge >= 0.3 is 5.69 Å². The van der Waals surface area contributed by atoms with E-state index >= 15 is 0 Å². The number of para-hydroxylation sites is 1. The quantitative estimate of drug-likeness (QED) is 0.720. The molecule has 0 saturated carbocycles. The Balaban J connectivity index is 2.31. The molecule has 7 heteroatoms. The highest BCUT2D eigenvalue weighted by molar-refractivity contribution is 6.31. The molecule has 0 fully saturated rings. The van der Waals surface area contributed by atoms with Crippen molar-refractivity contribution in [2.24, 2.45) is 0 Å². The van der Waals surface area contributed by atoms with Crippen LogP contribution in [0.5, 0.6) is 0 Å². The summed E-state index contributed by atoms with van der Waals surface area (Å²) in [7, 11) is 1.48. The topological polar surface area (TPSA) is 38.1 Å². The van der Waals surface area contributed by atoms with Crippen LogP contribution in [0.4, 0.5) is 14.6 Å². The number of alkyl halides is 2. The lowest BCUT2D eigenvalue weighted by Crippen LogP contribution is -2.30. The monoisotopic (exact) mass is 349 g/mol. The maximum atomic E-state index is 12.7. The molecule has 0 N–H and O–H groups in total. The van der Waals surface area contributed by atoms with Crippen molar-refractivity contribution < 1.29 is 8.78 Å². The third kappa shape index (κ3) is 3.10. The van der Waals surface area contributed by atoms with Crippen LogP contribution in [0.2, 0.25) is 5.02 Å². The SMILES string of the molecule is CN(CC(F)F)c1nc(=O)n(-c2ccccc2)c2cc(Cl)ccc12. The molecule has 0 aliphatic rings. The molecule has 124 valence electrons. The Morgan fingerprint density at radius 2 is 1.92 bits per heavy atom. The van der Waals surface area contributed by atoms with E-state index in [1.165, 1.54) is 16.5 Å². The highest BCUT2D eigenvalue weighted by atomic mass is 35.5. The number of hydrogen-bond acceptors (Lipinski definition) is 3. The van der Waals surface area contributed by atoms with Gasteiger partial charge in [0.15, 0.2) is 0 Å². The molecule has 0 bridgehead atoms. The Hall–Kier alpha value is -2.47. The van der Waals surface area contributed by atoms with Gasteiger partial charge in [-0.15, -0.1) is 0 Å². The number of hydrogen-bond donors (Lipinski definition) is 0. The molecule has 1 heterocycles. The van der Waals surface area contributed by atoms with Gasteiger partial charge in [-0.25, -0.2) is 13.6 Å². The first kappa shape index (κ1) is 16.4. The van der Waals surface area contributed by atoms with E-state index in [1.54, 1.807) is 42.5 Å². The summed E-state index contributed by atoms with van der Waals surface area (Å²) in [6.07, 6.45) is -2.53. The number of halogens is 3. The standard InChI is InChI=1S/C17H14ClF2N3O/c1-22(10-15(19)20)16-13-8-7-11(18)9-14(13)23(17(24)21-16)12-5-3-2-4-6-12/h2-9,15H,10H2,1H3. The minimum absolute atomic E-state index is 0.208. The van der Waals surface area contributed by atoms with Crippen molar-refractivity contribution in [1.82, 2.24) is 9.55 Å². The largest absolute Gasteiger partial charge is 0.354 e. The smallest absolute Gasteiger partial charge is 0.353 e. The zero-order chi connectivity index (χ0) is 17.3. The highest BCUT2D eigenvalue weighted by Crippen LogP contribution is 2.27. The average molecular weight is 350 g/mol. The van der Waals surface area contributed by atoms with Gasteiger partial charge in [0.2, 0.25) is 0 Å². The van der Waals surface area contributed by atoms with E-state index in [1.807, 2.05) is 6.07 Å². The Bertz CT molecular complexity index is 928. The molecule has 3 rings (SSSR count). The van der Waals surface area contributed by atoms with Gasteiger partial charge in [0.05, 0.1) is 17.7 Å². The lowest BCUT2D eigenvalue weighted by atomic mass is 10.2. The van der Waals surface area contributed by atoms with Gasteiger partial charge in [0, 0.05) is 17.5 Å². The molecular formula is C17H14ClF2N3O. The Kier molecular flexibility index (Phi) is 4.49. The van der Waals surface area contributed by atoms with Gasteiger partial charge in [-0.1, -0.05) is 29.8 Å². The molecule has 4 nitrogen and oxygen atoms in total. The van der Waals surface area contributed by atoms with Gasteiger partial charge in [0.1, 0.15) is 5.82 Å². The summed E-state index contributed by atoms with van der Waals surface area (Å²) in [5, 5.41) is 1.02. The summed E-state index contributed by atoms with van der Waals surface area (Å²) in [5.74, 6) is 0.208. The minimum Gasteiger partial charge on any atom is -0.353 e. The normalized spacial score (nSPS) is 11.2. The molecule has 0 unspecified atom stereocenters. The van der Waals surface area contributed by atoms with Crippen LogP contribution in [0, 0.1) is 0 Å². The fourth-order valence-electron chi connectivity index (χ4n) is 2.59. The molecule has 0 amide bonds. The van der Waals surface area contributed by atoms with Crippen LogP contribution in [0.25, 0.3) is 16.6 Å². The summed E-state index contributed by atoms with van der Waals surface area (Å²) >= 11 is 6.08. The van der Waals surface area contributed by atoms with Gasteiger partial charge < -0.3 is 4.90 Å². The number of rotatable bonds is 4. The molecule has 0 radical (unpaired) electrons. The van der Waals surface area contributed by atoms with E-state index in [0.29, 0.717) is 21.6 Å². The summed E-state index contributed by atoms with van der Waals surface area (Å²) in [4.78, 5) is 17.8. The van der Waals surface area contributed by atoms with Gasteiger partial charge in [0.25, 0.3) is 6.43 Å². The van der Waals surface area contributed by atoms with E-state index in [4.69, 9.17) is 11.6 Å². The lowest BCUT2D eigenvalue weighted by Gasteiger charge is -2.21.